The highest BCUT2D eigenvalue weighted by molar-refractivity contribution is 7.89. The van der Waals surface area contributed by atoms with Crippen LogP contribution in [0.5, 0.6) is 5.75 Å². The Morgan fingerprint density at radius 3 is 2.56 bits per heavy atom. The van der Waals surface area contributed by atoms with Crippen molar-refractivity contribution in [1.29, 1.82) is 0 Å². The van der Waals surface area contributed by atoms with Gasteiger partial charge in [0.05, 0.1) is 16.6 Å². The molecule has 2 fully saturated rings. The van der Waals surface area contributed by atoms with Crippen molar-refractivity contribution >= 4 is 15.9 Å². The molecule has 2 saturated heterocycles. The first-order chi connectivity index (χ1) is 15.4. The number of hydrogen-bond donors (Lipinski definition) is 0. The Labute approximate surface area is 190 Å². The number of amides is 1. The first kappa shape index (κ1) is 22.8. The van der Waals surface area contributed by atoms with Crippen LogP contribution in [-0.2, 0) is 14.8 Å². The molecule has 0 aromatic heterocycles. The second-order valence-corrected chi connectivity index (χ2v) is 10.3. The van der Waals surface area contributed by atoms with Crippen LogP contribution in [-0.4, -0.2) is 69.0 Å². The minimum Gasteiger partial charge on any atom is -0.490 e. The van der Waals surface area contributed by atoms with Crippen molar-refractivity contribution in [2.24, 2.45) is 0 Å². The SMILES string of the molecule is Cc1ccc(C)c(S(=O)(=O)N2CCN(C(=O)c3ccccc3OCC3CCCO3)CC2)c1. The molecule has 172 valence electrons. The molecule has 2 aromatic rings. The van der Waals surface area contributed by atoms with Crippen LogP contribution in [0.2, 0.25) is 0 Å². The summed E-state index contributed by atoms with van der Waals surface area (Å²) in [7, 11) is -3.60. The molecule has 8 heteroatoms. The Bertz CT molecular complexity index is 1070. The Morgan fingerprint density at radius 2 is 1.84 bits per heavy atom. The number of carbonyl (C=O) groups excluding carboxylic acids is 1. The summed E-state index contributed by atoms with van der Waals surface area (Å²) in [5.74, 6) is 0.398. The third kappa shape index (κ3) is 4.82. The number of nitrogens with zero attached hydrogens (tertiary/aromatic N) is 2. The molecule has 2 aliphatic heterocycles. The van der Waals surface area contributed by atoms with Gasteiger partial charge in [0, 0.05) is 32.8 Å². The van der Waals surface area contributed by atoms with Crippen LogP contribution in [0, 0.1) is 13.8 Å². The molecular weight excluding hydrogens is 428 g/mol. The molecule has 2 heterocycles. The molecule has 0 saturated carbocycles. The van der Waals surface area contributed by atoms with Gasteiger partial charge in [-0.3, -0.25) is 4.79 Å². The fraction of sp³-hybridized carbons (Fsp3) is 0.458. The first-order valence-corrected chi connectivity index (χ1v) is 12.5. The summed E-state index contributed by atoms with van der Waals surface area (Å²) in [5.41, 5.74) is 2.13. The van der Waals surface area contributed by atoms with E-state index in [0.717, 1.165) is 30.6 Å². The monoisotopic (exact) mass is 458 g/mol. The number of rotatable bonds is 6. The zero-order chi connectivity index (χ0) is 22.7. The minimum atomic E-state index is -3.60. The smallest absolute Gasteiger partial charge is 0.257 e. The summed E-state index contributed by atoms with van der Waals surface area (Å²) in [6.45, 7) is 6.07. The lowest BCUT2D eigenvalue weighted by atomic mass is 10.1. The van der Waals surface area contributed by atoms with E-state index in [9.17, 15) is 13.2 Å². The van der Waals surface area contributed by atoms with Gasteiger partial charge in [-0.25, -0.2) is 8.42 Å². The van der Waals surface area contributed by atoms with E-state index in [1.807, 2.05) is 31.2 Å². The summed E-state index contributed by atoms with van der Waals surface area (Å²) >= 11 is 0. The molecule has 0 spiro atoms. The summed E-state index contributed by atoms with van der Waals surface area (Å²) in [6.07, 6.45) is 2.06. The van der Waals surface area contributed by atoms with Crippen LogP contribution in [0.15, 0.2) is 47.4 Å². The van der Waals surface area contributed by atoms with Crippen molar-refractivity contribution in [3.05, 3.63) is 59.2 Å². The predicted octanol–water partition coefficient (Wildman–Crippen LogP) is 3.01. The second-order valence-electron chi connectivity index (χ2n) is 8.41. The summed E-state index contributed by atoms with van der Waals surface area (Å²) < 4.78 is 39.3. The fourth-order valence-electron chi connectivity index (χ4n) is 4.15. The van der Waals surface area contributed by atoms with Crippen molar-refractivity contribution in [3.63, 3.8) is 0 Å². The maximum absolute atomic E-state index is 13.2. The van der Waals surface area contributed by atoms with Gasteiger partial charge < -0.3 is 14.4 Å². The third-order valence-corrected chi connectivity index (χ3v) is 8.09. The molecule has 32 heavy (non-hydrogen) atoms. The molecular formula is C24H30N2O5S. The normalized spacial score (nSPS) is 19.8. The number of benzene rings is 2. The van der Waals surface area contributed by atoms with Crippen molar-refractivity contribution in [2.45, 2.75) is 37.7 Å². The Morgan fingerprint density at radius 1 is 1.09 bits per heavy atom. The molecule has 2 aromatic carbocycles. The highest BCUT2D eigenvalue weighted by Crippen LogP contribution is 2.25. The standard InChI is InChI=1S/C24H30N2O5S/c1-18-9-10-19(2)23(16-18)32(28,29)26-13-11-25(12-14-26)24(27)21-7-3-4-8-22(21)31-17-20-6-5-15-30-20/h3-4,7-10,16,20H,5-6,11-15,17H2,1-2H3. The molecule has 1 unspecified atom stereocenters. The number of ether oxygens (including phenoxy) is 2. The maximum Gasteiger partial charge on any atom is 0.257 e. The van der Waals surface area contributed by atoms with E-state index in [0.29, 0.717) is 35.9 Å². The number of hydrogen-bond acceptors (Lipinski definition) is 5. The Kier molecular flexibility index (Phi) is 6.83. The molecule has 1 atom stereocenters. The van der Waals surface area contributed by atoms with Gasteiger partial charge >= 0.3 is 0 Å². The van der Waals surface area contributed by atoms with Crippen LogP contribution < -0.4 is 4.74 Å². The molecule has 0 N–H and O–H groups in total. The van der Waals surface area contributed by atoms with Crippen LogP contribution >= 0.6 is 0 Å². The molecule has 0 aliphatic carbocycles. The Balaban J connectivity index is 1.42. The number of carbonyl (C=O) groups is 1. The van der Waals surface area contributed by atoms with E-state index >= 15 is 0 Å². The van der Waals surface area contributed by atoms with Gasteiger partial charge in [0.1, 0.15) is 12.4 Å². The minimum absolute atomic E-state index is 0.0667. The molecule has 1 amide bonds. The highest BCUT2D eigenvalue weighted by Gasteiger charge is 2.32. The van der Waals surface area contributed by atoms with Crippen molar-refractivity contribution < 1.29 is 22.7 Å². The second kappa shape index (κ2) is 9.60. The van der Waals surface area contributed by atoms with Crippen LogP contribution in [0.4, 0.5) is 0 Å². The molecule has 0 bridgehead atoms. The van der Waals surface area contributed by atoms with Gasteiger partial charge in [0.2, 0.25) is 10.0 Å². The number of sulfonamides is 1. The summed E-state index contributed by atoms with van der Waals surface area (Å²) in [5, 5.41) is 0. The predicted molar refractivity (Wildman–Crippen MR) is 121 cm³/mol. The molecule has 2 aliphatic rings. The van der Waals surface area contributed by atoms with Crippen molar-refractivity contribution in [2.75, 3.05) is 39.4 Å². The van der Waals surface area contributed by atoms with Gasteiger partial charge in [-0.05, 0) is 56.0 Å². The zero-order valence-corrected chi connectivity index (χ0v) is 19.4. The molecule has 0 radical (unpaired) electrons. The van der Waals surface area contributed by atoms with Crippen molar-refractivity contribution in [3.8, 4) is 5.75 Å². The van der Waals surface area contributed by atoms with Crippen molar-refractivity contribution in [1.82, 2.24) is 9.21 Å². The van der Waals surface area contributed by atoms with Crippen LogP contribution in [0.1, 0.15) is 34.3 Å². The topological polar surface area (TPSA) is 76.2 Å². The van der Waals surface area contributed by atoms with Gasteiger partial charge in [-0.2, -0.15) is 4.31 Å². The van der Waals surface area contributed by atoms with Gasteiger partial charge in [-0.15, -0.1) is 0 Å². The Hall–Kier alpha value is -2.42. The number of piperazine rings is 1. The largest absolute Gasteiger partial charge is 0.490 e. The van der Waals surface area contributed by atoms with E-state index in [1.54, 1.807) is 30.0 Å². The number of para-hydroxylation sites is 1. The summed E-state index contributed by atoms with van der Waals surface area (Å²) in [4.78, 5) is 15.2. The van der Waals surface area contributed by atoms with E-state index < -0.39 is 10.0 Å². The average Bonchev–Trinajstić information content (AvgIpc) is 3.33. The summed E-state index contributed by atoms with van der Waals surface area (Å²) in [6, 6.07) is 12.7. The molecule has 4 rings (SSSR count). The van der Waals surface area contributed by atoms with Gasteiger partial charge in [-0.1, -0.05) is 24.3 Å². The van der Waals surface area contributed by atoms with Gasteiger partial charge in [0.25, 0.3) is 5.91 Å². The van der Waals surface area contributed by atoms with Crippen LogP contribution in [0.3, 0.4) is 0 Å². The van der Waals surface area contributed by atoms with Crippen LogP contribution in [0.25, 0.3) is 0 Å². The lowest BCUT2D eigenvalue weighted by molar-refractivity contribution is 0.0632. The van der Waals surface area contributed by atoms with E-state index in [-0.39, 0.29) is 25.1 Å². The maximum atomic E-state index is 13.2. The highest BCUT2D eigenvalue weighted by atomic mass is 32.2. The fourth-order valence-corrected chi connectivity index (χ4v) is 5.89. The quantitative estimate of drug-likeness (QED) is 0.665. The van der Waals surface area contributed by atoms with E-state index in [4.69, 9.17) is 9.47 Å². The lowest BCUT2D eigenvalue weighted by Crippen LogP contribution is -2.50. The lowest BCUT2D eigenvalue weighted by Gasteiger charge is -2.34. The first-order valence-electron chi connectivity index (χ1n) is 11.1. The average molecular weight is 459 g/mol. The third-order valence-electron chi connectivity index (χ3n) is 6.05. The number of aryl methyl sites for hydroxylation is 2. The zero-order valence-electron chi connectivity index (χ0n) is 18.6. The van der Waals surface area contributed by atoms with E-state index in [2.05, 4.69) is 0 Å². The van der Waals surface area contributed by atoms with Gasteiger partial charge in [0.15, 0.2) is 0 Å². The van der Waals surface area contributed by atoms with E-state index in [1.165, 1.54) is 4.31 Å². The molecule has 7 nitrogen and oxygen atoms in total.